The van der Waals surface area contributed by atoms with E-state index in [1.54, 1.807) is 13.0 Å². The molecule has 1 unspecified atom stereocenters. The van der Waals surface area contributed by atoms with E-state index in [0.717, 1.165) is 23.0 Å². The van der Waals surface area contributed by atoms with Crippen molar-refractivity contribution in [2.24, 2.45) is 0 Å². The van der Waals surface area contributed by atoms with Gasteiger partial charge in [-0.2, -0.15) is 0 Å². The minimum Gasteiger partial charge on any atom is -0.383 e. The third kappa shape index (κ3) is 2.28. The van der Waals surface area contributed by atoms with Crippen molar-refractivity contribution in [1.29, 1.82) is 0 Å². The van der Waals surface area contributed by atoms with Crippen molar-refractivity contribution in [3.05, 3.63) is 55.7 Å². The zero-order chi connectivity index (χ0) is 13.4. The third-order valence-electron chi connectivity index (χ3n) is 2.74. The number of hydrogen-bond acceptors (Lipinski definition) is 2. The van der Waals surface area contributed by atoms with Crippen LogP contribution in [-0.2, 0) is 0 Å². The molecule has 0 fully saturated rings. The number of thiophene rings is 1. The highest BCUT2D eigenvalue weighted by molar-refractivity contribution is 7.16. The quantitative estimate of drug-likeness (QED) is 0.869. The summed E-state index contributed by atoms with van der Waals surface area (Å²) >= 11 is 7.01. The Morgan fingerprint density at radius 3 is 2.44 bits per heavy atom. The summed E-state index contributed by atoms with van der Waals surface area (Å²) in [6, 6.07) is 4.13. The number of rotatable bonds is 2. The van der Waals surface area contributed by atoms with Crippen LogP contribution in [0.25, 0.3) is 0 Å². The van der Waals surface area contributed by atoms with Crippen LogP contribution in [0.3, 0.4) is 0 Å². The minimum absolute atomic E-state index is 0.296. The topological polar surface area (TPSA) is 20.2 Å². The van der Waals surface area contributed by atoms with Gasteiger partial charge in [0.05, 0.1) is 9.90 Å². The molecule has 96 valence electrons. The third-order valence-corrected chi connectivity index (χ3v) is 4.35. The van der Waals surface area contributed by atoms with Crippen LogP contribution in [0, 0.1) is 25.5 Å². The number of aryl methyl sites for hydroxylation is 2. The number of benzene rings is 1. The first-order chi connectivity index (χ1) is 8.41. The van der Waals surface area contributed by atoms with Crippen LogP contribution < -0.4 is 0 Å². The largest absolute Gasteiger partial charge is 0.383 e. The van der Waals surface area contributed by atoms with Crippen LogP contribution in [0.2, 0.25) is 4.34 Å². The van der Waals surface area contributed by atoms with Crippen LogP contribution in [-0.4, -0.2) is 5.11 Å². The van der Waals surface area contributed by atoms with Gasteiger partial charge >= 0.3 is 0 Å². The van der Waals surface area contributed by atoms with Gasteiger partial charge in [0, 0.05) is 4.88 Å². The van der Waals surface area contributed by atoms with Crippen molar-refractivity contribution in [1.82, 2.24) is 0 Å². The van der Waals surface area contributed by atoms with Crippen LogP contribution in [0.4, 0.5) is 8.78 Å². The van der Waals surface area contributed by atoms with Gasteiger partial charge in [-0.1, -0.05) is 17.7 Å². The molecule has 0 aliphatic carbocycles. The second-order valence-electron chi connectivity index (χ2n) is 4.10. The predicted octanol–water partition coefficient (Wildman–Crippen LogP) is 4.38. The molecule has 5 heteroatoms. The van der Waals surface area contributed by atoms with Crippen LogP contribution in [0.1, 0.15) is 27.7 Å². The number of halogens is 3. The summed E-state index contributed by atoms with van der Waals surface area (Å²) in [5.41, 5.74) is 0.752. The molecule has 18 heavy (non-hydrogen) atoms. The molecular formula is C13H11ClF2OS. The zero-order valence-corrected chi connectivity index (χ0v) is 11.4. The van der Waals surface area contributed by atoms with E-state index in [-0.39, 0.29) is 5.56 Å². The minimum atomic E-state index is -1.33. The van der Waals surface area contributed by atoms with Gasteiger partial charge in [-0.15, -0.1) is 11.3 Å². The van der Waals surface area contributed by atoms with Gasteiger partial charge in [0.15, 0.2) is 0 Å². The molecule has 1 atom stereocenters. The summed E-state index contributed by atoms with van der Waals surface area (Å²) in [7, 11) is 0. The molecule has 2 aromatic rings. The van der Waals surface area contributed by atoms with Crippen LogP contribution >= 0.6 is 22.9 Å². The van der Waals surface area contributed by atoms with E-state index in [1.807, 2.05) is 0 Å². The Labute approximate surface area is 113 Å². The monoisotopic (exact) mass is 288 g/mol. The molecule has 0 amide bonds. The van der Waals surface area contributed by atoms with Gasteiger partial charge < -0.3 is 5.11 Å². The van der Waals surface area contributed by atoms with Crippen molar-refractivity contribution < 1.29 is 13.9 Å². The van der Waals surface area contributed by atoms with Crippen molar-refractivity contribution in [3.63, 3.8) is 0 Å². The molecule has 0 aliphatic heterocycles. The van der Waals surface area contributed by atoms with Gasteiger partial charge in [-0.3, -0.25) is 0 Å². The lowest BCUT2D eigenvalue weighted by Gasteiger charge is -2.12. The molecule has 1 heterocycles. The van der Waals surface area contributed by atoms with Crippen LogP contribution in [0.5, 0.6) is 0 Å². The van der Waals surface area contributed by atoms with E-state index in [9.17, 15) is 13.9 Å². The van der Waals surface area contributed by atoms with E-state index in [0.29, 0.717) is 14.8 Å². The van der Waals surface area contributed by atoms with Gasteiger partial charge in [0.1, 0.15) is 17.7 Å². The maximum atomic E-state index is 13.9. The normalized spacial score (nSPS) is 12.8. The Morgan fingerprint density at radius 1 is 1.22 bits per heavy atom. The maximum absolute atomic E-state index is 13.9. The SMILES string of the molecule is Cc1cc(C(O)c2c(F)ccc(C)c2F)sc1Cl. The van der Waals surface area contributed by atoms with Gasteiger partial charge in [-0.25, -0.2) is 8.78 Å². The Bertz CT molecular complexity index is 575. The molecule has 2 rings (SSSR count). The smallest absolute Gasteiger partial charge is 0.135 e. The van der Waals surface area contributed by atoms with Crippen molar-refractivity contribution in [3.8, 4) is 0 Å². The Hall–Kier alpha value is -0.970. The molecule has 1 nitrogen and oxygen atoms in total. The molecule has 0 aliphatic rings. The Kier molecular flexibility index (Phi) is 3.71. The Balaban J connectivity index is 2.52. The number of hydrogen-bond donors (Lipinski definition) is 1. The predicted molar refractivity (Wildman–Crippen MR) is 69.2 cm³/mol. The lowest BCUT2D eigenvalue weighted by atomic mass is 10.0. The summed E-state index contributed by atoms with van der Waals surface area (Å²) in [5.74, 6) is -1.47. The number of aliphatic hydroxyl groups excluding tert-OH is 1. The summed E-state index contributed by atoms with van der Waals surface area (Å²) in [6.07, 6.45) is -1.33. The molecular weight excluding hydrogens is 278 g/mol. The first kappa shape index (κ1) is 13.5. The highest BCUT2D eigenvalue weighted by Gasteiger charge is 2.23. The standard InChI is InChI=1S/C13H11ClF2OS/c1-6-3-4-8(15)10(11(6)16)12(17)9-5-7(2)13(14)18-9/h3-5,12,17H,1-2H3. The van der Waals surface area contributed by atoms with Gasteiger partial charge in [-0.05, 0) is 37.1 Å². The molecule has 0 spiro atoms. The summed E-state index contributed by atoms with van der Waals surface area (Å²) < 4.78 is 28.0. The van der Waals surface area contributed by atoms with Crippen LogP contribution in [0.15, 0.2) is 18.2 Å². The molecule has 0 saturated heterocycles. The van der Waals surface area contributed by atoms with E-state index in [2.05, 4.69) is 0 Å². The van der Waals surface area contributed by atoms with E-state index < -0.39 is 17.7 Å². The molecule has 1 aromatic heterocycles. The van der Waals surface area contributed by atoms with Crippen molar-refractivity contribution >= 4 is 22.9 Å². The fraction of sp³-hybridized carbons (Fsp3) is 0.231. The number of aliphatic hydroxyl groups is 1. The molecule has 0 radical (unpaired) electrons. The zero-order valence-electron chi connectivity index (χ0n) is 9.80. The summed E-state index contributed by atoms with van der Waals surface area (Å²) in [5, 5.41) is 10.1. The second-order valence-corrected chi connectivity index (χ2v) is 5.79. The molecule has 1 aromatic carbocycles. The lowest BCUT2D eigenvalue weighted by molar-refractivity contribution is 0.212. The van der Waals surface area contributed by atoms with E-state index in [1.165, 1.54) is 13.0 Å². The highest BCUT2D eigenvalue weighted by Crippen LogP contribution is 2.36. The highest BCUT2D eigenvalue weighted by atomic mass is 35.5. The average molecular weight is 289 g/mol. The second kappa shape index (κ2) is 4.96. The average Bonchev–Trinajstić information content (AvgIpc) is 2.65. The lowest BCUT2D eigenvalue weighted by Crippen LogP contribution is -2.05. The summed E-state index contributed by atoms with van der Waals surface area (Å²) in [6.45, 7) is 3.30. The van der Waals surface area contributed by atoms with Gasteiger partial charge in [0.25, 0.3) is 0 Å². The maximum Gasteiger partial charge on any atom is 0.135 e. The Morgan fingerprint density at radius 2 is 1.89 bits per heavy atom. The van der Waals surface area contributed by atoms with E-state index in [4.69, 9.17) is 11.6 Å². The van der Waals surface area contributed by atoms with Gasteiger partial charge in [0.2, 0.25) is 0 Å². The fourth-order valence-corrected chi connectivity index (χ4v) is 2.90. The molecule has 0 saturated carbocycles. The fourth-order valence-electron chi connectivity index (χ4n) is 1.69. The molecule has 1 N–H and O–H groups in total. The summed E-state index contributed by atoms with van der Waals surface area (Å²) in [4.78, 5) is 0.431. The van der Waals surface area contributed by atoms with Crippen molar-refractivity contribution in [2.75, 3.05) is 0 Å². The van der Waals surface area contributed by atoms with E-state index >= 15 is 0 Å². The first-order valence-electron chi connectivity index (χ1n) is 5.30. The first-order valence-corrected chi connectivity index (χ1v) is 6.49. The molecule has 0 bridgehead atoms. The van der Waals surface area contributed by atoms with Crippen molar-refractivity contribution in [2.45, 2.75) is 20.0 Å².